The topological polar surface area (TPSA) is 72.9 Å². The maximum Gasteiger partial charge on any atom is 0.426 e. The van der Waals surface area contributed by atoms with Crippen LogP contribution in [-0.2, 0) is 15.0 Å². The molecule has 0 N–H and O–H groups in total. The molecular formula is C28H19NO5. The molecule has 1 aliphatic heterocycles. The summed E-state index contributed by atoms with van der Waals surface area (Å²) in [6.45, 7) is 0. The Morgan fingerprint density at radius 2 is 1.12 bits per heavy atom. The first-order chi connectivity index (χ1) is 16.6. The lowest BCUT2D eigenvalue weighted by Crippen LogP contribution is -2.51. The van der Waals surface area contributed by atoms with E-state index in [1.165, 1.54) is 0 Å². The van der Waals surface area contributed by atoms with E-state index in [9.17, 15) is 14.4 Å². The van der Waals surface area contributed by atoms with Gasteiger partial charge in [0, 0.05) is 5.56 Å². The summed E-state index contributed by atoms with van der Waals surface area (Å²) in [5.41, 5.74) is -0.883. The molecule has 5 rings (SSSR count). The lowest BCUT2D eigenvalue weighted by molar-refractivity contribution is -0.143. The minimum absolute atomic E-state index is 0.266. The van der Waals surface area contributed by atoms with E-state index < -0.39 is 23.4 Å². The van der Waals surface area contributed by atoms with Crippen molar-refractivity contribution in [1.82, 2.24) is 0 Å². The molecule has 4 aromatic rings. The third kappa shape index (κ3) is 3.42. The van der Waals surface area contributed by atoms with Crippen molar-refractivity contribution in [2.45, 2.75) is 5.41 Å². The fraction of sp³-hybridized carbons (Fsp3) is 0.0357. The maximum atomic E-state index is 14.1. The number of carbonyl (C=O) groups excluding carboxylic acids is 3. The van der Waals surface area contributed by atoms with E-state index in [1.807, 2.05) is 0 Å². The third-order valence-corrected chi connectivity index (χ3v) is 5.67. The predicted molar refractivity (Wildman–Crippen MR) is 126 cm³/mol. The molecule has 34 heavy (non-hydrogen) atoms. The molecule has 6 nitrogen and oxygen atoms in total. The Hall–Kier alpha value is -4.71. The van der Waals surface area contributed by atoms with E-state index in [-0.39, 0.29) is 11.4 Å². The fourth-order valence-corrected chi connectivity index (χ4v) is 4.15. The van der Waals surface area contributed by atoms with E-state index in [4.69, 9.17) is 9.47 Å². The number of ether oxygens (including phenoxy) is 2. The molecular weight excluding hydrogens is 430 g/mol. The SMILES string of the molecule is O=C(Oc1ccccc1)N1C(=O)[C@@](C(=O)Oc2ccccc2)(c2ccccc2)c2ccccc21. The van der Waals surface area contributed by atoms with Gasteiger partial charge in [0.05, 0.1) is 5.69 Å². The molecule has 0 saturated heterocycles. The molecule has 4 aromatic carbocycles. The molecule has 6 heteroatoms. The number of hydrogen-bond acceptors (Lipinski definition) is 5. The molecule has 0 aliphatic carbocycles. The van der Waals surface area contributed by atoms with E-state index >= 15 is 0 Å². The number of anilines is 1. The Bertz CT molecular complexity index is 1360. The van der Waals surface area contributed by atoms with Crippen molar-refractivity contribution in [2.75, 3.05) is 4.90 Å². The van der Waals surface area contributed by atoms with E-state index in [2.05, 4.69) is 0 Å². The van der Waals surface area contributed by atoms with Gasteiger partial charge in [-0.3, -0.25) is 4.79 Å². The molecule has 1 heterocycles. The van der Waals surface area contributed by atoms with Gasteiger partial charge in [0.1, 0.15) is 11.5 Å². The van der Waals surface area contributed by atoms with Crippen molar-refractivity contribution < 1.29 is 23.9 Å². The van der Waals surface area contributed by atoms with Crippen LogP contribution < -0.4 is 14.4 Å². The average molecular weight is 449 g/mol. The van der Waals surface area contributed by atoms with Gasteiger partial charge in [-0.25, -0.2) is 14.5 Å². The maximum absolute atomic E-state index is 14.1. The lowest BCUT2D eigenvalue weighted by Gasteiger charge is -2.26. The van der Waals surface area contributed by atoms with Crippen molar-refractivity contribution in [3.63, 3.8) is 0 Å². The molecule has 0 saturated carbocycles. The summed E-state index contributed by atoms with van der Waals surface area (Å²) in [5.74, 6) is -1.00. The van der Waals surface area contributed by atoms with Crippen molar-refractivity contribution in [3.8, 4) is 11.5 Å². The number of rotatable bonds is 4. The van der Waals surface area contributed by atoms with Crippen molar-refractivity contribution in [1.29, 1.82) is 0 Å². The number of benzene rings is 4. The van der Waals surface area contributed by atoms with Gasteiger partial charge in [-0.1, -0.05) is 84.9 Å². The summed E-state index contributed by atoms with van der Waals surface area (Å²) in [7, 11) is 0. The monoisotopic (exact) mass is 449 g/mol. The van der Waals surface area contributed by atoms with E-state index in [1.54, 1.807) is 115 Å². The van der Waals surface area contributed by atoms with Crippen LogP contribution in [0.4, 0.5) is 10.5 Å². The summed E-state index contributed by atoms with van der Waals surface area (Å²) < 4.78 is 11.2. The molecule has 2 amide bonds. The third-order valence-electron chi connectivity index (χ3n) is 5.67. The molecule has 0 unspecified atom stereocenters. The van der Waals surface area contributed by atoms with Crippen LogP contribution in [0.5, 0.6) is 11.5 Å². The number of esters is 1. The molecule has 0 spiro atoms. The minimum atomic E-state index is -1.89. The fourth-order valence-electron chi connectivity index (χ4n) is 4.15. The number of hydrogen-bond donors (Lipinski definition) is 0. The van der Waals surface area contributed by atoms with Crippen molar-refractivity contribution >= 4 is 23.7 Å². The normalized spacial score (nSPS) is 16.6. The van der Waals surface area contributed by atoms with Crippen molar-refractivity contribution in [3.05, 3.63) is 126 Å². The Balaban J connectivity index is 1.65. The minimum Gasteiger partial charge on any atom is -0.425 e. The Morgan fingerprint density at radius 3 is 1.74 bits per heavy atom. The zero-order valence-electron chi connectivity index (χ0n) is 18.0. The second-order valence-corrected chi connectivity index (χ2v) is 7.66. The first kappa shape index (κ1) is 21.2. The van der Waals surface area contributed by atoms with Crippen LogP contribution >= 0.6 is 0 Å². The standard InChI is InChI=1S/C28H19NO5/c30-25-28(20-12-4-1-5-13-20,26(31)33-21-14-6-2-7-15-21)23-18-10-11-19-24(23)29(25)27(32)34-22-16-8-3-9-17-22/h1-19H/t28-/m1/s1. The van der Waals surface area contributed by atoms with Gasteiger partial charge >= 0.3 is 12.1 Å². The summed E-state index contributed by atoms with van der Waals surface area (Å²) in [4.78, 5) is 42.0. The molecule has 1 atom stereocenters. The number of fused-ring (bicyclic) bond motifs is 1. The number of amides is 2. The van der Waals surface area contributed by atoms with Crippen LogP contribution in [0, 0.1) is 0 Å². The highest BCUT2D eigenvalue weighted by molar-refractivity contribution is 6.30. The van der Waals surface area contributed by atoms with Gasteiger partial charge in [-0.15, -0.1) is 0 Å². The summed E-state index contributed by atoms with van der Waals surface area (Å²) in [6.07, 6.45) is -0.908. The smallest absolute Gasteiger partial charge is 0.425 e. The van der Waals surface area contributed by atoms with Gasteiger partial charge in [0.15, 0.2) is 5.41 Å². The summed E-state index contributed by atoms with van der Waals surface area (Å²) >= 11 is 0. The van der Waals surface area contributed by atoms with Crippen molar-refractivity contribution in [2.24, 2.45) is 0 Å². The van der Waals surface area contributed by atoms with Crippen LogP contribution in [0.2, 0.25) is 0 Å². The zero-order valence-corrected chi connectivity index (χ0v) is 18.0. The molecule has 1 aliphatic rings. The molecule has 0 radical (unpaired) electrons. The van der Waals surface area contributed by atoms with Crippen LogP contribution in [0.15, 0.2) is 115 Å². The highest BCUT2D eigenvalue weighted by Gasteiger charge is 2.61. The van der Waals surface area contributed by atoms with Gasteiger partial charge in [-0.05, 0) is 35.9 Å². The van der Waals surface area contributed by atoms with Crippen LogP contribution in [0.3, 0.4) is 0 Å². The number of carbonyl (C=O) groups is 3. The van der Waals surface area contributed by atoms with Gasteiger partial charge < -0.3 is 9.47 Å². The Kier molecular flexibility index (Phi) is 5.40. The van der Waals surface area contributed by atoms with Gasteiger partial charge in [0.2, 0.25) is 0 Å². The first-order valence-electron chi connectivity index (χ1n) is 10.7. The number of nitrogens with zero attached hydrogens (tertiary/aromatic N) is 1. The summed E-state index contributed by atoms with van der Waals surface area (Å²) in [6, 6.07) is 32.2. The lowest BCUT2D eigenvalue weighted by atomic mass is 9.75. The quantitative estimate of drug-likeness (QED) is 0.246. The zero-order chi connectivity index (χ0) is 23.5. The Labute approximate surface area is 196 Å². The van der Waals surface area contributed by atoms with E-state index in [0.717, 1.165) is 4.90 Å². The Morgan fingerprint density at radius 1 is 0.618 bits per heavy atom. The molecule has 0 fully saturated rings. The second kappa shape index (κ2) is 8.67. The first-order valence-corrected chi connectivity index (χ1v) is 10.7. The van der Waals surface area contributed by atoms with Crippen LogP contribution in [-0.4, -0.2) is 18.0 Å². The van der Waals surface area contributed by atoms with E-state index in [0.29, 0.717) is 16.9 Å². The number of para-hydroxylation sites is 3. The molecule has 0 aromatic heterocycles. The number of imide groups is 1. The summed E-state index contributed by atoms with van der Waals surface area (Å²) in [5, 5.41) is 0. The van der Waals surface area contributed by atoms with Crippen LogP contribution in [0.25, 0.3) is 0 Å². The largest absolute Gasteiger partial charge is 0.426 e. The van der Waals surface area contributed by atoms with Gasteiger partial charge in [-0.2, -0.15) is 0 Å². The predicted octanol–water partition coefficient (Wildman–Crippen LogP) is 5.12. The molecule has 166 valence electrons. The van der Waals surface area contributed by atoms with Crippen LogP contribution in [0.1, 0.15) is 11.1 Å². The highest BCUT2D eigenvalue weighted by Crippen LogP contribution is 2.47. The van der Waals surface area contributed by atoms with Gasteiger partial charge in [0.25, 0.3) is 5.91 Å². The molecule has 0 bridgehead atoms. The second-order valence-electron chi connectivity index (χ2n) is 7.66. The highest BCUT2D eigenvalue weighted by atomic mass is 16.6. The average Bonchev–Trinajstić information content (AvgIpc) is 3.14.